The van der Waals surface area contributed by atoms with Crippen LogP contribution in [0, 0.1) is 5.92 Å². The van der Waals surface area contributed by atoms with E-state index in [0.717, 1.165) is 0 Å². The molecule has 0 saturated heterocycles. The molecule has 0 saturated carbocycles. The molecule has 0 aromatic carbocycles. The number of primary amides is 1. The summed E-state index contributed by atoms with van der Waals surface area (Å²) < 4.78 is 0. The van der Waals surface area contributed by atoms with Crippen LogP contribution in [0.15, 0.2) is 4.99 Å². The van der Waals surface area contributed by atoms with Gasteiger partial charge in [-0.1, -0.05) is 13.8 Å². The van der Waals surface area contributed by atoms with E-state index in [1.165, 1.54) is 6.92 Å². The number of carbonyl (C=O) groups excluding carboxylic acids is 4. The molecule has 0 spiro atoms. The van der Waals surface area contributed by atoms with Crippen molar-refractivity contribution in [2.45, 2.75) is 70.6 Å². The minimum atomic E-state index is -1.35. The predicted molar refractivity (Wildman–Crippen MR) is 120 cm³/mol. The number of amides is 4. The number of guanidine groups is 1. The van der Waals surface area contributed by atoms with Gasteiger partial charge < -0.3 is 44.0 Å². The van der Waals surface area contributed by atoms with E-state index in [4.69, 9.17) is 22.9 Å². The average molecular weight is 473 g/mol. The second kappa shape index (κ2) is 14.6. The standard InChI is InChI=1S/C19H36N8O6/c1-9(2)7-12(16(30)25-11(18(32)33)5-4-6-24-19(22)23)27-17(31)13(8-14(21)28)26-15(29)10(3)20/h9-13H,4-8,20H2,1-3H3,(H2,21,28)(H,25,30)(H,26,29)(H,27,31)(H,32,33)(H4,22,23,24). The molecule has 14 nitrogen and oxygen atoms in total. The summed E-state index contributed by atoms with van der Waals surface area (Å²) in [4.78, 5) is 64.0. The Morgan fingerprint density at radius 2 is 1.36 bits per heavy atom. The van der Waals surface area contributed by atoms with Crippen LogP contribution in [0.1, 0.15) is 46.5 Å². The number of hydrogen-bond acceptors (Lipinski definition) is 7. The average Bonchev–Trinajstić information content (AvgIpc) is 2.67. The Labute approximate surface area is 192 Å². The van der Waals surface area contributed by atoms with Gasteiger partial charge in [0.2, 0.25) is 23.6 Å². The van der Waals surface area contributed by atoms with Gasteiger partial charge in [-0.3, -0.25) is 24.2 Å². The van der Waals surface area contributed by atoms with Gasteiger partial charge in [-0.05, 0) is 32.1 Å². The smallest absolute Gasteiger partial charge is 0.326 e. The monoisotopic (exact) mass is 472 g/mol. The lowest BCUT2D eigenvalue weighted by molar-refractivity contribution is -0.142. The van der Waals surface area contributed by atoms with Crippen molar-refractivity contribution >= 4 is 35.6 Å². The zero-order valence-corrected chi connectivity index (χ0v) is 19.2. The van der Waals surface area contributed by atoms with Crippen molar-refractivity contribution in [1.82, 2.24) is 16.0 Å². The van der Waals surface area contributed by atoms with Crippen molar-refractivity contribution in [3.8, 4) is 0 Å². The zero-order chi connectivity index (χ0) is 25.7. The third-order valence-corrected chi connectivity index (χ3v) is 4.35. The lowest BCUT2D eigenvalue weighted by Gasteiger charge is -2.25. The zero-order valence-electron chi connectivity index (χ0n) is 19.2. The van der Waals surface area contributed by atoms with Crippen molar-refractivity contribution in [1.29, 1.82) is 0 Å². The normalized spacial score (nSPS) is 14.3. The van der Waals surface area contributed by atoms with E-state index in [9.17, 15) is 29.1 Å². The molecule has 0 aliphatic carbocycles. The molecule has 4 unspecified atom stereocenters. The maximum atomic E-state index is 12.8. The van der Waals surface area contributed by atoms with Crippen LogP contribution in [0.3, 0.4) is 0 Å². The van der Waals surface area contributed by atoms with E-state index in [2.05, 4.69) is 20.9 Å². The molecule has 188 valence electrons. The summed E-state index contributed by atoms with van der Waals surface area (Å²) in [5.74, 6) is -4.55. The Morgan fingerprint density at radius 3 is 1.82 bits per heavy atom. The van der Waals surface area contributed by atoms with Gasteiger partial charge >= 0.3 is 5.97 Å². The third kappa shape index (κ3) is 12.9. The van der Waals surface area contributed by atoms with Gasteiger partial charge in [0, 0.05) is 6.54 Å². The molecule has 0 rings (SSSR count). The van der Waals surface area contributed by atoms with Crippen LogP contribution in [-0.2, 0) is 24.0 Å². The van der Waals surface area contributed by atoms with Crippen LogP contribution in [-0.4, -0.2) is 71.4 Å². The molecule has 0 heterocycles. The number of carboxylic acid groups (broad SMARTS) is 1. The quantitative estimate of drug-likeness (QED) is 0.0678. The molecule has 0 aliphatic heterocycles. The molecular formula is C19H36N8O6. The lowest BCUT2D eigenvalue weighted by Crippen LogP contribution is -2.57. The number of carbonyl (C=O) groups is 5. The number of aliphatic carboxylic acids is 1. The summed E-state index contributed by atoms with van der Waals surface area (Å²) >= 11 is 0. The molecule has 0 bridgehead atoms. The van der Waals surface area contributed by atoms with Gasteiger partial charge in [0.05, 0.1) is 12.5 Å². The molecule has 0 aliphatic rings. The molecule has 0 fully saturated rings. The van der Waals surface area contributed by atoms with Crippen molar-refractivity contribution in [3.63, 3.8) is 0 Å². The fourth-order valence-electron chi connectivity index (χ4n) is 2.72. The highest BCUT2D eigenvalue weighted by atomic mass is 16.4. The maximum Gasteiger partial charge on any atom is 0.326 e. The number of nitrogens with zero attached hydrogens (tertiary/aromatic N) is 1. The minimum absolute atomic E-state index is 0.0505. The minimum Gasteiger partial charge on any atom is -0.480 e. The van der Waals surface area contributed by atoms with E-state index in [-0.39, 0.29) is 31.3 Å². The highest BCUT2D eigenvalue weighted by Gasteiger charge is 2.31. The molecular weight excluding hydrogens is 436 g/mol. The summed E-state index contributed by atoms with van der Waals surface area (Å²) in [6.45, 7) is 5.18. The van der Waals surface area contributed by atoms with Gasteiger partial charge in [-0.15, -0.1) is 0 Å². The Morgan fingerprint density at radius 1 is 0.848 bits per heavy atom. The fourth-order valence-corrected chi connectivity index (χ4v) is 2.72. The van der Waals surface area contributed by atoms with Crippen LogP contribution >= 0.6 is 0 Å². The second-order valence-corrected chi connectivity index (χ2v) is 8.06. The van der Waals surface area contributed by atoms with Crippen LogP contribution in [0.4, 0.5) is 0 Å². The van der Waals surface area contributed by atoms with Crippen molar-refractivity contribution in [2.24, 2.45) is 33.8 Å². The van der Waals surface area contributed by atoms with Crippen LogP contribution < -0.4 is 38.9 Å². The van der Waals surface area contributed by atoms with Crippen LogP contribution in [0.2, 0.25) is 0 Å². The Bertz CT molecular complexity index is 736. The second-order valence-electron chi connectivity index (χ2n) is 8.06. The summed E-state index contributed by atoms with van der Waals surface area (Å²) in [5.41, 5.74) is 21.1. The van der Waals surface area contributed by atoms with Crippen LogP contribution in [0.25, 0.3) is 0 Å². The van der Waals surface area contributed by atoms with Gasteiger partial charge in [-0.25, -0.2) is 4.79 Å². The lowest BCUT2D eigenvalue weighted by atomic mass is 10.0. The molecule has 4 atom stereocenters. The number of carboxylic acids is 1. The van der Waals surface area contributed by atoms with E-state index in [0.29, 0.717) is 6.42 Å². The number of nitrogens with one attached hydrogen (secondary N) is 3. The highest BCUT2D eigenvalue weighted by Crippen LogP contribution is 2.08. The van der Waals surface area contributed by atoms with E-state index in [1.807, 2.05) is 0 Å². The Hall–Kier alpha value is -3.42. The van der Waals surface area contributed by atoms with Gasteiger partial charge in [0.15, 0.2) is 5.96 Å². The number of nitrogens with two attached hydrogens (primary N) is 4. The maximum absolute atomic E-state index is 12.8. The SMILES string of the molecule is CC(C)CC(NC(=O)C(CC(N)=O)NC(=O)C(C)N)C(=O)NC(CCCN=C(N)N)C(=O)O. The molecule has 4 amide bonds. The molecule has 14 heteroatoms. The van der Waals surface area contributed by atoms with Crippen LogP contribution in [0.5, 0.6) is 0 Å². The summed E-state index contributed by atoms with van der Waals surface area (Å²) in [6, 6.07) is -4.66. The Kier molecular flexibility index (Phi) is 13.1. The molecule has 0 aromatic rings. The topological polar surface area (TPSA) is 258 Å². The first kappa shape index (κ1) is 29.6. The summed E-state index contributed by atoms with van der Waals surface area (Å²) in [7, 11) is 0. The highest BCUT2D eigenvalue weighted by molar-refractivity contribution is 5.96. The summed E-state index contributed by atoms with van der Waals surface area (Å²) in [6.07, 6.45) is 0.000579. The first-order valence-corrected chi connectivity index (χ1v) is 10.5. The number of rotatable bonds is 15. The summed E-state index contributed by atoms with van der Waals surface area (Å²) in [5, 5.41) is 16.6. The number of aliphatic imine (C=N–C) groups is 1. The Balaban J connectivity index is 5.39. The largest absolute Gasteiger partial charge is 0.480 e. The van der Waals surface area contributed by atoms with Crippen molar-refractivity contribution in [3.05, 3.63) is 0 Å². The van der Waals surface area contributed by atoms with E-state index < -0.39 is 60.2 Å². The molecule has 0 aromatic heterocycles. The number of hydrogen-bond donors (Lipinski definition) is 8. The van der Waals surface area contributed by atoms with Gasteiger partial charge in [0.1, 0.15) is 18.1 Å². The van der Waals surface area contributed by atoms with Gasteiger partial charge in [-0.2, -0.15) is 0 Å². The molecule has 12 N–H and O–H groups in total. The first-order chi connectivity index (χ1) is 15.2. The van der Waals surface area contributed by atoms with Crippen molar-refractivity contribution < 1.29 is 29.1 Å². The fraction of sp³-hybridized carbons (Fsp3) is 0.684. The van der Waals surface area contributed by atoms with Crippen molar-refractivity contribution in [2.75, 3.05) is 6.54 Å². The van der Waals surface area contributed by atoms with E-state index in [1.54, 1.807) is 13.8 Å². The first-order valence-electron chi connectivity index (χ1n) is 10.5. The molecule has 33 heavy (non-hydrogen) atoms. The third-order valence-electron chi connectivity index (χ3n) is 4.35. The van der Waals surface area contributed by atoms with E-state index >= 15 is 0 Å². The van der Waals surface area contributed by atoms with Gasteiger partial charge in [0.25, 0.3) is 0 Å². The molecule has 0 radical (unpaired) electrons. The predicted octanol–water partition coefficient (Wildman–Crippen LogP) is -3.15.